The van der Waals surface area contributed by atoms with Gasteiger partial charge in [0.05, 0.1) is 16.8 Å². The van der Waals surface area contributed by atoms with Gasteiger partial charge in [-0.15, -0.1) is 0 Å². The molecule has 0 fully saturated rings. The molecule has 2 aromatic rings. The van der Waals surface area contributed by atoms with Crippen molar-refractivity contribution in [2.45, 2.75) is 26.3 Å². The fourth-order valence-corrected chi connectivity index (χ4v) is 2.83. The highest BCUT2D eigenvalue weighted by Gasteiger charge is 2.41. The van der Waals surface area contributed by atoms with Crippen molar-refractivity contribution in [3.63, 3.8) is 0 Å². The van der Waals surface area contributed by atoms with Crippen LogP contribution in [0, 0.1) is 17.5 Å². The molecule has 0 saturated carbocycles. The zero-order valence-electron chi connectivity index (χ0n) is 15.2. The van der Waals surface area contributed by atoms with E-state index >= 15 is 0 Å². The van der Waals surface area contributed by atoms with Gasteiger partial charge in [-0.2, -0.15) is 0 Å². The van der Waals surface area contributed by atoms with Crippen LogP contribution in [0.15, 0.2) is 30.3 Å². The Morgan fingerprint density at radius 2 is 1.54 bits per heavy atom. The van der Waals surface area contributed by atoms with Crippen LogP contribution in [0.25, 0.3) is 0 Å². The van der Waals surface area contributed by atoms with Crippen molar-refractivity contribution in [3.8, 4) is 0 Å². The molecule has 28 heavy (non-hydrogen) atoms. The van der Waals surface area contributed by atoms with Crippen molar-refractivity contribution in [3.05, 3.63) is 58.9 Å². The number of nitrogens with zero attached hydrogens (tertiary/aromatic N) is 1. The van der Waals surface area contributed by atoms with Gasteiger partial charge in [0.15, 0.2) is 17.5 Å². The average Bonchev–Trinajstić information content (AvgIpc) is 2.86. The Morgan fingerprint density at radius 1 is 0.893 bits per heavy atom. The van der Waals surface area contributed by atoms with Crippen LogP contribution in [0.4, 0.5) is 29.3 Å². The maximum atomic E-state index is 13.6. The first kappa shape index (κ1) is 19.4. The maximum absolute atomic E-state index is 13.6. The first-order valence-electron chi connectivity index (χ1n) is 8.25. The standard InChI is InChI=1S/C19H16F3N3O3/c1-19(2,3)25-16(26)10-5-4-9(8-11(10)17(25)27)23-18(28)24-13-7-6-12(20)14(21)15(13)22/h4-8H,1-3H3,(H2,23,24,28). The number of carbonyl (C=O) groups is 3. The second kappa shape index (κ2) is 6.66. The number of hydrogen-bond acceptors (Lipinski definition) is 3. The Hall–Kier alpha value is -3.36. The largest absolute Gasteiger partial charge is 0.323 e. The minimum atomic E-state index is -1.71. The van der Waals surface area contributed by atoms with E-state index in [4.69, 9.17) is 0 Å². The lowest BCUT2D eigenvalue weighted by Crippen LogP contribution is -2.45. The Bertz CT molecular complexity index is 1020. The van der Waals surface area contributed by atoms with Gasteiger partial charge < -0.3 is 10.6 Å². The van der Waals surface area contributed by atoms with Gasteiger partial charge in [0.25, 0.3) is 11.8 Å². The van der Waals surface area contributed by atoms with Crippen molar-refractivity contribution >= 4 is 29.2 Å². The molecule has 1 aliphatic rings. The summed E-state index contributed by atoms with van der Waals surface area (Å²) in [6.07, 6.45) is 0. The number of amides is 4. The Balaban J connectivity index is 1.80. The van der Waals surface area contributed by atoms with Crippen LogP contribution >= 0.6 is 0 Å². The van der Waals surface area contributed by atoms with Gasteiger partial charge in [-0.3, -0.25) is 14.5 Å². The molecule has 2 N–H and O–H groups in total. The van der Waals surface area contributed by atoms with Crippen molar-refractivity contribution < 1.29 is 27.6 Å². The van der Waals surface area contributed by atoms with Gasteiger partial charge in [0, 0.05) is 11.2 Å². The highest BCUT2D eigenvalue weighted by molar-refractivity contribution is 6.22. The number of hydrogen-bond donors (Lipinski definition) is 2. The first-order valence-corrected chi connectivity index (χ1v) is 8.25. The van der Waals surface area contributed by atoms with Crippen molar-refractivity contribution in [1.29, 1.82) is 0 Å². The summed E-state index contributed by atoms with van der Waals surface area (Å²) in [6.45, 7) is 5.16. The molecule has 3 rings (SSSR count). The molecule has 0 atom stereocenters. The molecular formula is C19H16F3N3O3. The molecule has 0 radical (unpaired) electrons. The third-order valence-electron chi connectivity index (χ3n) is 4.10. The van der Waals surface area contributed by atoms with E-state index in [0.717, 1.165) is 11.0 Å². The fourth-order valence-electron chi connectivity index (χ4n) is 2.83. The van der Waals surface area contributed by atoms with E-state index in [1.165, 1.54) is 18.2 Å². The lowest BCUT2D eigenvalue weighted by molar-refractivity contribution is 0.0507. The second-order valence-electron chi connectivity index (χ2n) is 7.18. The van der Waals surface area contributed by atoms with Gasteiger partial charge >= 0.3 is 6.03 Å². The van der Waals surface area contributed by atoms with Gasteiger partial charge in [0.2, 0.25) is 0 Å². The smallest absolute Gasteiger partial charge is 0.308 e. The molecular weight excluding hydrogens is 375 g/mol. The molecule has 0 spiro atoms. The Kier molecular flexibility index (Phi) is 4.62. The molecule has 9 heteroatoms. The molecule has 0 aromatic heterocycles. The van der Waals surface area contributed by atoms with E-state index < -0.39 is 46.5 Å². The number of imide groups is 1. The maximum Gasteiger partial charge on any atom is 0.323 e. The van der Waals surface area contributed by atoms with Crippen LogP contribution in [0.1, 0.15) is 41.5 Å². The monoisotopic (exact) mass is 391 g/mol. The van der Waals surface area contributed by atoms with E-state index in [9.17, 15) is 27.6 Å². The predicted octanol–water partition coefficient (Wildman–Crippen LogP) is 4.14. The van der Waals surface area contributed by atoms with Gasteiger partial charge in [-0.25, -0.2) is 18.0 Å². The first-order chi connectivity index (χ1) is 13.0. The lowest BCUT2D eigenvalue weighted by Gasteiger charge is -2.29. The highest BCUT2D eigenvalue weighted by atomic mass is 19.2. The molecule has 146 valence electrons. The molecule has 0 unspecified atom stereocenters. The van der Waals surface area contributed by atoms with Crippen LogP contribution in [-0.2, 0) is 0 Å². The minimum Gasteiger partial charge on any atom is -0.308 e. The predicted molar refractivity (Wildman–Crippen MR) is 95.7 cm³/mol. The Labute approximate surface area is 158 Å². The molecule has 0 aliphatic carbocycles. The number of rotatable bonds is 2. The SMILES string of the molecule is CC(C)(C)N1C(=O)c2ccc(NC(=O)Nc3ccc(F)c(F)c3F)cc2C1=O. The molecule has 4 amide bonds. The summed E-state index contributed by atoms with van der Waals surface area (Å²) in [7, 11) is 0. The van der Waals surface area contributed by atoms with Crippen molar-refractivity contribution in [1.82, 2.24) is 4.90 Å². The van der Waals surface area contributed by atoms with Gasteiger partial charge in [-0.1, -0.05) is 0 Å². The number of carbonyl (C=O) groups excluding carboxylic acids is 3. The second-order valence-corrected chi connectivity index (χ2v) is 7.18. The van der Waals surface area contributed by atoms with Crippen LogP contribution in [-0.4, -0.2) is 28.3 Å². The van der Waals surface area contributed by atoms with Gasteiger partial charge in [-0.05, 0) is 51.1 Å². The number of urea groups is 1. The topological polar surface area (TPSA) is 78.5 Å². The van der Waals surface area contributed by atoms with Crippen molar-refractivity contribution in [2.24, 2.45) is 0 Å². The average molecular weight is 391 g/mol. The molecule has 0 bridgehead atoms. The summed E-state index contributed by atoms with van der Waals surface area (Å²) in [5, 5.41) is 4.41. The van der Waals surface area contributed by atoms with E-state index in [1.54, 1.807) is 20.8 Å². The van der Waals surface area contributed by atoms with E-state index in [2.05, 4.69) is 10.6 Å². The van der Waals surface area contributed by atoms with E-state index in [1.807, 2.05) is 0 Å². The summed E-state index contributed by atoms with van der Waals surface area (Å²) in [5.41, 5.74) is -0.782. The summed E-state index contributed by atoms with van der Waals surface area (Å²) in [6, 6.07) is 4.73. The minimum absolute atomic E-state index is 0.122. The number of nitrogens with one attached hydrogen (secondary N) is 2. The summed E-state index contributed by atoms with van der Waals surface area (Å²) in [5.74, 6) is -5.56. The summed E-state index contributed by atoms with van der Waals surface area (Å²) < 4.78 is 39.8. The zero-order valence-corrected chi connectivity index (χ0v) is 15.2. The molecule has 1 heterocycles. The van der Waals surface area contributed by atoms with Crippen molar-refractivity contribution in [2.75, 3.05) is 10.6 Å². The van der Waals surface area contributed by atoms with Crippen LogP contribution < -0.4 is 10.6 Å². The number of benzene rings is 2. The summed E-state index contributed by atoms with van der Waals surface area (Å²) >= 11 is 0. The molecule has 0 saturated heterocycles. The summed E-state index contributed by atoms with van der Waals surface area (Å²) in [4.78, 5) is 38.1. The lowest BCUT2D eigenvalue weighted by atomic mass is 10.1. The van der Waals surface area contributed by atoms with E-state index in [-0.39, 0.29) is 16.8 Å². The van der Waals surface area contributed by atoms with Crippen LogP contribution in [0.3, 0.4) is 0 Å². The van der Waals surface area contributed by atoms with E-state index in [0.29, 0.717) is 6.07 Å². The zero-order chi connectivity index (χ0) is 20.8. The molecule has 1 aliphatic heterocycles. The number of anilines is 2. The quantitative estimate of drug-likeness (QED) is 0.597. The normalized spacial score (nSPS) is 13.6. The third kappa shape index (κ3) is 3.30. The fraction of sp³-hybridized carbons (Fsp3) is 0.211. The number of halogens is 3. The number of fused-ring (bicyclic) bond motifs is 1. The van der Waals surface area contributed by atoms with Crippen LogP contribution in [0.2, 0.25) is 0 Å². The van der Waals surface area contributed by atoms with Gasteiger partial charge in [0.1, 0.15) is 0 Å². The highest BCUT2D eigenvalue weighted by Crippen LogP contribution is 2.31. The molecule has 2 aromatic carbocycles. The van der Waals surface area contributed by atoms with Crippen LogP contribution in [0.5, 0.6) is 0 Å². The third-order valence-corrected chi connectivity index (χ3v) is 4.10. The molecule has 6 nitrogen and oxygen atoms in total. The Morgan fingerprint density at radius 3 is 2.18 bits per heavy atom.